The van der Waals surface area contributed by atoms with Crippen molar-refractivity contribution in [2.75, 3.05) is 17.2 Å². The van der Waals surface area contributed by atoms with Gasteiger partial charge >= 0.3 is 0 Å². The van der Waals surface area contributed by atoms with Gasteiger partial charge in [-0.3, -0.25) is 4.79 Å². The molecule has 5 heteroatoms. The lowest BCUT2D eigenvalue weighted by Crippen LogP contribution is -2.22. The van der Waals surface area contributed by atoms with Crippen molar-refractivity contribution >= 4 is 28.9 Å². The van der Waals surface area contributed by atoms with E-state index in [1.807, 2.05) is 57.2 Å². The Kier molecular flexibility index (Phi) is 5.88. The van der Waals surface area contributed by atoms with Crippen LogP contribution in [-0.4, -0.2) is 18.6 Å². The molecule has 2 aromatic carbocycles. The van der Waals surface area contributed by atoms with E-state index in [1.165, 1.54) is 0 Å². The van der Waals surface area contributed by atoms with Crippen LogP contribution in [0.2, 0.25) is 5.02 Å². The number of rotatable bonds is 6. The smallest absolute Gasteiger partial charge is 0.243 e. The van der Waals surface area contributed by atoms with E-state index in [-0.39, 0.29) is 18.6 Å². The van der Waals surface area contributed by atoms with Gasteiger partial charge in [-0.15, -0.1) is 0 Å². The van der Waals surface area contributed by atoms with Gasteiger partial charge in [-0.1, -0.05) is 29.8 Å². The van der Waals surface area contributed by atoms with Gasteiger partial charge in [0.2, 0.25) is 5.91 Å². The Bertz CT molecular complexity index is 686. The second kappa shape index (κ2) is 7.88. The number of aryl methyl sites for hydroxylation is 1. The van der Waals surface area contributed by atoms with Gasteiger partial charge in [0.05, 0.1) is 18.3 Å². The minimum atomic E-state index is -0.149. The lowest BCUT2D eigenvalue weighted by atomic mass is 10.2. The summed E-state index contributed by atoms with van der Waals surface area (Å²) < 4.78 is 5.69. The monoisotopic (exact) mass is 332 g/mol. The predicted octanol–water partition coefficient (Wildman–Crippen LogP) is 4.49. The maximum atomic E-state index is 12.2. The molecule has 0 spiro atoms. The summed E-state index contributed by atoms with van der Waals surface area (Å²) in [7, 11) is 0. The summed E-state index contributed by atoms with van der Waals surface area (Å²) in [6.07, 6.45) is 0.0419. The number of carbonyl (C=O) groups is 1. The van der Waals surface area contributed by atoms with E-state index in [9.17, 15) is 4.79 Å². The molecule has 2 rings (SSSR count). The minimum absolute atomic E-state index is 0.0419. The number of benzene rings is 2. The molecule has 0 heterocycles. The zero-order chi connectivity index (χ0) is 16.8. The van der Waals surface area contributed by atoms with Gasteiger partial charge in [0.15, 0.2) is 0 Å². The first-order chi connectivity index (χ1) is 11.0. The molecule has 4 nitrogen and oxygen atoms in total. The fraction of sp³-hybridized carbons (Fsp3) is 0.278. The van der Waals surface area contributed by atoms with Crippen LogP contribution in [0.3, 0.4) is 0 Å². The molecule has 0 saturated carbocycles. The van der Waals surface area contributed by atoms with Gasteiger partial charge in [-0.05, 0) is 50.6 Å². The molecule has 0 aromatic heterocycles. The van der Waals surface area contributed by atoms with Gasteiger partial charge in [0, 0.05) is 10.7 Å². The molecule has 0 unspecified atom stereocenters. The second-order valence-corrected chi connectivity index (χ2v) is 5.96. The number of para-hydroxylation sites is 2. The number of halogens is 1. The fourth-order valence-corrected chi connectivity index (χ4v) is 2.25. The zero-order valence-corrected chi connectivity index (χ0v) is 14.3. The second-order valence-electron chi connectivity index (χ2n) is 5.52. The Morgan fingerprint density at radius 3 is 2.65 bits per heavy atom. The Morgan fingerprint density at radius 2 is 1.91 bits per heavy atom. The number of hydrogen-bond acceptors (Lipinski definition) is 3. The summed E-state index contributed by atoms with van der Waals surface area (Å²) in [5.41, 5.74) is 2.54. The number of carbonyl (C=O) groups excluding carboxylic acids is 1. The Balaban J connectivity index is 1.99. The normalized spacial score (nSPS) is 10.5. The molecule has 122 valence electrons. The number of amides is 1. The van der Waals surface area contributed by atoms with Crippen molar-refractivity contribution in [1.29, 1.82) is 0 Å². The Morgan fingerprint density at radius 1 is 1.17 bits per heavy atom. The molecule has 0 bridgehead atoms. The molecule has 2 aromatic rings. The molecule has 0 atom stereocenters. The van der Waals surface area contributed by atoms with Gasteiger partial charge in [-0.25, -0.2) is 0 Å². The summed E-state index contributed by atoms with van der Waals surface area (Å²) >= 11 is 5.97. The van der Waals surface area contributed by atoms with Crippen LogP contribution in [0.15, 0.2) is 42.5 Å². The van der Waals surface area contributed by atoms with E-state index < -0.39 is 0 Å². The highest BCUT2D eigenvalue weighted by Crippen LogP contribution is 2.25. The van der Waals surface area contributed by atoms with Crippen molar-refractivity contribution in [2.24, 2.45) is 0 Å². The highest BCUT2D eigenvalue weighted by molar-refractivity contribution is 6.30. The Hall–Kier alpha value is -2.20. The number of hydrogen-bond donors (Lipinski definition) is 2. The molecule has 23 heavy (non-hydrogen) atoms. The molecular weight excluding hydrogens is 312 g/mol. The van der Waals surface area contributed by atoms with Crippen molar-refractivity contribution in [3.05, 3.63) is 53.1 Å². The molecule has 0 aliphatic heterocycles. The van der Waals surface area contributed by atoms with Crippen molar-refractivity contribution in [3.8, 4) is 5.75 Å². The van der Waals surface area contributed by atoms with E-state index in [2.05, 4.69) is 10.6 Å². The largest absolute Gasteiger partial charge is 0.489 e. The first-order valence-electron chi connectivity index (χ1n) is 7.51. The summed E-state index contributed by atoms with van der Waals surface area (Å²) in [5.74, 6) is 0.513. The van der Waals surface area contributed by atoms with Crippen LogP contribution >= 0.6 is 11.6 Å². The van der Waals surface area contributed by atoms with E-state index in [4.69, 9.17) is 16.3 Å². The van der Waals surface area contributed by atoms with Gasteiger partial charge in [-0.2, -0.15) is 0 Å². The zero-order valence-electron chi connectivity index (χ0n) is 13.5. The van der Waals surface area contributed by atoms with Crippen molar-refractivity contribution in [2.45, 2.75) is 26.9 Å². The van der Waals surface area contributed by atoms with E-state index in [0.717, 1.165) is 11.3 Å². The third kappa shape index (κ3) is 5.18. The highest BCUT2D eigenvalue weighted by Gasteiger charge is 2.09. The Labute approximate surface area is 141 Å². The molecular formula is C18H21ClN2O2. The van der Waals surface area contributed by atoms with Crippen LogP contribution in [0.5, 0.6) is 5.75 Å². The molecule has 0 aliphatic rings. The fourth-order valence-electron chi connectivity index (χ4n) is 2.08. The van der Waals surface area contributed by atoms with E-state index >= 15 is 0 Å². The van der Waals surface area contributed by atoms with Crippen LogP contribution in [0.1, 0.15) is 19.4 Å². The molecule has 0 radical (unpaired) electrons. The molecule has 1 amide bonds. The minimum Gasteiger partial charge on any atom is -0.489 e. The molecule has 0 fully saturated rings. The maximum Gasteiger partial charge on any atom is 0.243 e. The summed E-state index contributed by atoms with van der Waals surface area (Å²) in [5, 5.41) is 6.59. The van der Waals surface area contributed by atoms with Crippen molar-refractivity contribution in [1.82, 2.24) is 0 Å². The average Bonchev–Trinajstić information content (AvgIpc) is 2.50. The summed E-state index contributed by atoms with van der Waals surface area (Å²) in [4.78, 5) is 12.2. The number of anilines is 2. The number of ether oxygens (including phenoxy) is 1. The van der Waals surface area contributed by atoms with Crippen LogP contribution in [-0.2, 0) is 4.79 Å². The van der Waals surface area contributed by atoms with Crippen molar-refractivity contribution in [3.63, 3.8) is 0 Å². The average molecular weight is 333 g/mol. The summed E-state index contributed by atoms with van der Waals surface area (Å²) in [6.45, 7) is 6.00. The third-order valence-corrected chi connectivity index (χ3v) is 3.40. The summed E-state index contributed by atoms with van der Waals surface area (Å²) in [6, 6.07) is 12.9. The third-order valence-electron chi connectivity index (χ3n) is 3.16. The molecule has 2 N–H and O–H groups in total. The maximum absolute atomic E-state index is 12.2. The van der Waals surface area contributed by atoms with Crippen LogP contribution in [0.4, 0.5) is 11.4 Å². The SMILES string of the molecule is Cc1ccc(Cl)cc1NCC(=O)Nc1ccccc1OC(C)C. The highest BCUT2D eigenvalue weighted by atomic mass is 35.5. The van der Waals surface area contributed by atoms with E-state index in [0.29, 0.717) is 16.5 Å². The van der Waals surface area contributed by atoms with Gasteiger partial charge < -0.3 is 15.4 Å². The lowest BCUT2D eigenvalue weighted by Gasteiger charge is -2.15. The number of nitrogens with one attached hydrogen (secondary N) is 2. The molecule has 0 aliphatic carbocycles. The van der Waals surface area contributed by atoms with Crippen LogP contribution in [0.25, 0.3) is 0 Å². The molecule has 0 saturated heterocycles. The van der Waals surface area contributed by atoms with Crippen molar-refractivity contribution < 1.29 is 9.53 Å². The predicted molar refractivity (Wildman–Crippen MR) is 95.5 cm³/mol. The lowest BCUT2D eigenvalue weighted by molar-refractivity contribution is -0.114. The first-order valence-corrected chi connectivity index (χ1v) is 7.89. The van der Waals surface area contributed by atoms with Gasteiger partial charge in [0.25, 0.3) is 0 Å². The first kappa shape index (κ1) is 17.2. The topological polar surface area (TPSA) is 50.4 Å². The van der Waals surface area contributed by atoms with Gasteiger partial charge in [0.1, 0.15) is 5.75 Å². The van der Waals surface area contributed by atoms with Crippen LogP contribution in [0, 0.1) is 6.92 Å². The van der Waals surface area contributed by atoms with Crippen LogP contribution < -0.4 is 15.4 Å². The van der Waals surface area contributed by atoms with E-state index in [1.54, 1.807) is 6.07 Å². The standard InChI is InChI=1S/C18H21ClN2O2/c1-12(2)23-17-7-5-4-6-15(17)21-18(22)11-20-16-10-14(19)9-8-13(16)3/h4-10,12,20H,11H2,1-3H3,(H,21,22). The quantitative estimate of drug-likeness (QED) is 0.819.